The maximum absolute atomic E-state index is 12.1. The Bertz CT molecular complexity index is 240. The van der Waals surface area contributed by atoms with Crippen molar-refractivity contribution in [3.05, 3.63) is 0 Å². The molecule has 0 aromatic rings. The Morgan fingerprint density at radius 2 is 1.80 bits per heavy atom. The number of carbonyl (C=O) groups is 1. The summed E-state index contributed by atoms with van der Waals surface area (Å²) in [5, 5.41) is 0. The monoisotopic (exact) mass is 273 g/mol. The molecule has 0 aliphatic heterocycles. The lowest BCUT2D eigenvalue weighted by atomic mass is 9.83. The third-order valence-corrected chi connectivity index (χ3v) is 5.01. The zero-order chi connectivity index (χ0) is 10.8. The molecule has 2 fully saturated rings. The molecule has 1 amide bonds. The Balaban J connectivity index is 1.92. The lowest BCUT2D eigenvalue weighted by Gasteiger charge is -2.38. The number of rotatable bonds is 2. The number of hydrogen-bond acceptors (Lipinski definition) is 1. The van der Waals surface area contributed by atoms with Crippen molar-refractivity contribution in [2.75, 3.05) is 7.05 Å². The first-order chi connectivity index (χ1) is 7.20. The zero-order valence-electron chi connectivity index (χ0n) is 9.42. The van der Waals surface area contributed by atoms with E-state index < -0.39 is 0 Å². The van der Waals surface area contributed by atoms with Crippen LogP contribution in [-0.2, 0) is 4.79 Å². The molecule has 0 bridgehead atoms. The quantitative estimate of drug-likeness (QED) is 0.709. The van der Waals surface area contributed by atoms with Gasteiger partial charge in [-0.05, 0) is 25.7 Å². The maximum atomic E-state index is 12.1. The van der Waals surface area contributed by atoms with Gasteiger partial charge in [0.2, 0.25) is 5.91 Å². The van der Waals surface area contributed by atoms with Crippen LogP contribution in [0.15, 0.2) is 0 Å². The summed E-state index contributed by atoms with van der Waals surface area (Å²) in [4.78, 5) is 14.6. The van der Waals surface area contributed by atoms with Crippen molar-refractivity contribution >= 4 is 21.8 Å². The normalized spacial score (nSPS) is 32.1. The maximum Gasteiger partial charge on any atom is 0.225 e. The molecule has 0 N–H and O–H groups in total. The van der Waals surface area contributed by atoms with E-state index >= 15 is 0 Å². The molecule has 0 saturated heterocycles. The standard InChI is InChI=1S/C12H20BrNO/c1-14(12(15)9-5-4-6-9)11-8-3-2-7-10(11)13/h9-11H,2-8H2,1H3. The number of nitrogens with zero attached hydrogens (tertiary/aromatic N) is 1. The third kappa shape index (κ3) is 2.38. The van der Waals surface area contributed by atoms with E-state index in [0.717, 1.165) is 12.8 Å². The highest BCUT2D eigenvalue weighted by atomic mass is 79.9. The van der Waals surface area contributed by atoms with Crippen LogP contribution in [0.3, 0.4) is 0 Å². The summed E-state index contributed by atoms with van der Waals surface area (Å²) in [5.74, 6) is 0.731. The van der Waals surface area contributed by atoms with Crippen LogP contribution in [0.2, 0.25) is 0 Å². The molecule has 2 rings (SSSR count). The largest absolute Gasteiger partial charge is 0.341 e. The molecule has 2 aliphatic rings. The zero-order valence-corrected chi connectivity index (χ0v) is 11.0. The van der Waals surface area contributed by atoms with Crippen LogP contribution in [0.1, 0.15) is 44.9 Å². The fraction of sp³-hybridized carbons (Fsp3) is 0.917. The summed E-state index contributed by atoms with van der Waals surface area (Å²) in [6.45, 7) is 0. The molecule has 86 valence electrons. The lowest BCUT2D eigenvalue weighted by molar-refractivity contribution is -0.139. The van der Waals surface area contributed by atoms with Gasteiger partial charge in [0.1, 0.15) is 0 Å². The van der Waals surface area contributed by atoms with Gasteiger partial charge in [0, 0.05) is 23.8 Å². The van der Waals surface area contributed by atoms with Crippen molar-refractivity contribution in [2.24, 2.45) is 5.92 Å². The second-order valence-electron chi connectivity index (χ2n) is 4.94. The van der Waals surface area contributed by atoms with E-state index in [9.17, 15) is 4.79 Å². The van der Waals surface area contributed by atoms with Crippen molar-refractivity contribution in [1.82, 2.24) is 4.90 Å². The highest BCUT2D eigenvalue weighted by Crippen LogP contribution is 2.32. The molecule has 2 nitrogen and oxygen atoms in total. The fourth-order valence-corrected chi connectivity index (χ4v) is 3.55. The van der Waals surface area contributed by atoms with E-state index in [1.165, 1.54) is 32.1 Å². The summed E-state index contributed by atoms with van der Waals surface area (Å²) < 4.78 is 0. The van der Waals surface area contributed by atoms with Crippen LogP contribution >= 0.6 is 15.9 Å². The topological polar surface area (TPSA) is 20.3 Å². The predicted molar refractivity (Wildman–Crippen MR) is 65.1 cm³/mol. The Kier molecular flexibility index (Phi) is 3.70. The first-order valence-electron chi connectivity index (χ1n) is 6.11. The smallest absolute Gasteiger partial charge is 0.225 e. The van der Waals surface area contributed by atoms with E-state index in [0.29, 0.717) is 22.7 Å². The van der Waals surface area contributed by atoms with Gasteiger partial charge >= 0.3 is 0 Å². The summed E-state index contributed by atoms with van der Waals surface area (Å²) >= 11 is 3.72. The van der Waals surface area contributed by atoms with E-state index in [2.05, 4.69) is 15.9 Å². The van der Waals surface area contributed by atoms with Gasteiger partial charge in [-0.25, -0.2) is 0 Å². The Hall–Kier alpha value is -0.0500. The van der Waals surface area contributed by atoms with Gasteiger partial charge in [0.05, 0.1) is 0 Å². The highest BCUT2D eigenvalue weighted by molar-refractivity contribution is 9.09. The summed E-state index contributed by atoms with van der Waals surface area (Å²) in [5.41, 5.74) is 0. The van der Waals surface area contributed by atoms with Gasteiger partial charge in [-0.1, -0.05) is 35.2 Å². The first-order valence-corrected chi connectivity index (χ1v) is 7.02. The second-order valence-corrected chi connectivity index (χ2v) is 6.12. The molecule has 2 saturated carbocycles. The summed E-state index contributed by atoms with van der Waals surface area (Å²) in [6, 6.07) is 0.437. The Morgan fingerprint density at radius 3 is 2.33 bits per heavy atom. The van der Waals surface area contributed by atoms with Gasteiger partial charge < -0.3 is 4.90 Å². The van der Waals surface area contributed by atoms with Gasteiger partial charge in [0.25, 0.3) is 0 Å². The molecule has 2 aliphatic carbocycles. The SMILES string of the molecule is CN(C(=O)C1CCC1)C1CCCCC1Br. The number of carbonyl (C=O) groups excluding carboxylic acids is 1. The van der Waals surface area contributed by atoms with Crippen molar-refractivity contribution in [3.63, 3.8) is 0 Å². The molecule has 3 heteroatoms. The molecule has 0 heterocycles. The highest BCUT2D eigenvalue weighted by Gasteiger charge is 2.34. The minimum atomic E-state index is 0.344. The molecule has 2 unspecified atom stereocenters. The molecule has 15 heavy (non-hydrogen) atoms. The van der Waals surface area contributed by atoms with Crippen LogP contribution in [-0.4, -0.2) is 28.7 Å². The summed E-state index contributed by atoms with van der Waals surface area (Å²) in [6.07, 6.45) is 8.43. The van der Waals surface area contributed by atoms with Crippen molar-refractivity contribution < 1.29 is 4.79 Å². The molecule has 0 aromatic heterocycles. The molecule has 0 spiro atoms. The average molecular weight is 274 g/mol. The van der Waals surface area contributed by atoms with Crippen molar-refractivity contribution in [3.8, 4) is 0 Å². The number of hydrogen-bond donors (Lipinski definition) is 0. The fourth-order valence-electron chi connectivity index (χ4n) is 2.61. The van der Waals surface area contributed by atoms with Crippen molar-refractivity contribution in [2.45, 2.75) is 55.8 Å². The van der Waals surface area contributed by atoms with E-state index in [1.54, 1.807) is 0 Å². The van der Waals surface area contributed by atoms with Crippen LogP contribution in [0.5, 0.6) is 0 Å². The van der Waals surface area contributed by atoms with E-state index in [4.69, 9.17) is 0 Å². The minimum Gasteiger partial charge on any atom is -0.341 e. The van der Waals surface area contributed by atoms with Gasteiger partial charge in [-0.3, -0.25) is 4.79 Å². The summed E-state index contributed by atoms with van der Waals surface area (Å²) in [7, 11) is 1.99. The molecule has 0 aromatic carbocycles. The van der Waals surface area contributed by atoms with Gasteiger partial charge in [-0.15, -0.1) is 0 Å². The molecule has 2 atom stereocenters. The first kappa shape index (κ1) is 11.4. The van der Waals surface area contributed by atoms with Crippen LogP contribution < -0.4 is 0 Å². The number of amides is 1. The molecule has 0 radical (unpaired) electrons. The second kappa shape index (κ2) is 4.86. The Labute approximate surface area is 101 Å². The van der Waals surface area contributed by atoms with Crippen LogP contribution in [0, 0.1) is 5.92 Å². The van der Waals surface area contributed by atoms with E-state index in [-0.39, 0.29) is 0 Å². The van der Waals surface area contributed by atoms with Crippen molar-refractivity contribution in [1.29, 1.82) is 0 Å². The molecular formula is C12H20BrNO. The predicted octanol–water partition coefficient (Wildman–Crippen LogP) is 2.95. The third-order valence-electron chi connectivity index (χ3n) is 3.95. The Morgan fingerprint density at radius 1 is 1.13 bits per heavy atom. The van der Waals surface area contributed by atoms with Gasteiger partial charge in [0.15, 0.2) is 0 Å². The number of alkyl halides is 1. The molecular weight excluding hydrogens is 254 g/mol. The average Bonchev–Trinajstić information content (AvgIpc) is 2.15. The van der Waals surface area contributed by atoms with E-state index in [1.807, 2.05) is 11.9 Å². The minimum absolute atomic E-state index is 0.344. The lowest BCUT2D eigenvalue weighted by Crippen LogP contribution is -2.47. The van der Waals surface area contributed by atoms with Crippen LogP contribution in [0.25, 0.3) is 0 Å². The van der Waals surface area contributed by atoms with Crippen LogP contribution in [0.4, 0.5) is 0 Å². The number of halogens is 1. The van der Waals surface area contributed by atoms with Gasteiger partial charge in [-0.2, -0.15) is 0 Å².